The number of nitrogens with one attached hydrogen (secondary N) is 1. The number of hydrogen-bond acceptors (Lipinski definition) is 5. The van der Waals surface area contributed by atoms with Crippen LogP contribution in [0.15, 0.2) is 18.2 Å². The third-order valence-electron chi connectivity index (χ3n) is 4.26. The van der Waals surface area contributed by atoms with Crippen LogP contribution in [0.1, 0.15) is 49.9 Å². The first-order valence-corrected chi connectivity index (χ1v) is 10.7. The summed E-state index contributed by atoms with van der Waals surface area (Å²) in [4.78, 5) is 26.8. The third-order valence-corrected chi connectivity index (χ3v) is 6.98. The second-order valence-corrected chi connectivity index (χ2v) is 8.77. The molecular formula is C20H20ClNO3S2. The largest absolute Gasteiger partial charge is 0.462 e. The molecule has 3 aromatic rings. The van der Waals surface area contributed by atoms with Crippen molar-refractivity contribution in [3.8, 4) is 0 Å². The lowest BCUT2D eigenvalue weighted by Crippen LogP contribution is -2.14. The Kier molecular flexibility index (Phi) is 5.89. The van der Waals surface area contributed by atoms with Crippen molar-refractivity contribution in [2.24, 2.45) is 0 Å². The lowest BCUT2D eigenvalue weighted by Gasteiger charge is -2.07. The van der Waals surface area contributed by atoms with Crippen LogP contribution in [-0.4, -0.2) is 18.5 Å². The van der Waals surface area contributed by atoms with Gasteiger partial charge in [-0.15, -0.1) is 22.7 Å². The highest BCUT2D eigenvalue weighted by atomic mass is 35.5. The summed E-state index contributed by atoms with van der Waals surface area (Å²) in [5, 5.41) is 4.69. The number of aryl methyl sites for hydroxylation is 2. The third kappa shape index (κ3) is 3.74. The van der Waals surface area contributed by atoms with Gasteiger partial charge < -0.3 is 10.1 Å². The quantitative estimate of drug-likeness (QED) is 0.497. The lowest BCUT2D eigenvalue weighted by atomic mass is 10.1. The summed E-state index contributed by atoms with van der Waals surface area (Å²) in [6.07, 6.45) is 0.690. The molecule has 0 aliphatic rings. The van der Waals surface area contributed by atoms with Crippen LogP contribution >= 0.6 is 34.3 Å². The zero-order chi connectivity index (χ0) is 19.7. The summed E-state index contributed by atoms with van der Waals surface area (Å²) in [6, 6.07) is 5.91. The van der Waals surface area contributed by atoms with Crippen LogP contribution in [0, 0.1) is 13.8 Å². The molecule has 0 unspecified atom stereocenters. The molecule has 1 amide bonds. The van der Waals surface area contributed by atoms with Gasteiger partial charge in [0.2, 0.25) is 0 Å². The van der Waals surface area contributed by atoms with Crippen molar-refractivity contribution in [2.75, 3.05) is 11.9 Å². The lowest BCUT2D eigenvalue weighted by molar-refractivity contribution is 0.0527. The molecule has 0 saturated heterocycles. The molecule has 1 aromatic carbocycles. The smallest absolute Gasteiger partial charge is 0.341 e. The Balaban J connectivity index is 1.99. The first-order chi connectivity index (χ1) is 12.9. The second kappa shape index (κ2) is 8.00. The van der Waals surface area contributed by atoms with Gasteiger partial charge in [0.15, 0.2) is 0 Å². The van der Waals surface area contributed by atoms with E-state index < -0.39 is 5.97 Å². The number of fused-ring (bicyclic) bond motifs is 1. The van der Waals surface area contributed by atoms with E-state index >= 15 is 0 Å². The highest BCUT2D eigenvalue weighted by Gasteiger charge is 2.25. The summed E-state index contributed by atoms with van der Waals surface area (Å²) in [5.74, 6) is -0.722. The number of carbonyl (C=O) groups is 2. The molecule has 2 aromatic heterocycles. The molecule has 7 heteroatoms. The average Bonchev–Trinajstić information content (AvgIpc) is 3.11. The van der Waals surface area contributed by atoms with E-state index in [1.54, 1.807) is 6.92 Å². The molecule has 0 radical (unpaired) electrons. The summed E-state index contributed by atoms with van der Waals surface area (Å²) in [6.45, 7) is 7.97. The van der Waals surface area contributed by atoms with Gasteiger partial charge in [0, 0.05) is 15.0 Å². The van der Waals surface area contributed by atoms with E-state index in [0.717, 1.165) is 26.1 Å². The number of anilines is 1. The summed E-state index contributed by atoms with van der Waals surface area (Å²) < 4.78 is 6.15. The topological polar surface area (TPSA) is 55.4 Å². The van der Waals surface area contributed by atoms with Crippen molar-refractivity contribution >= 4 is 61.2 Å². The van der Waals surface area contributed by atoms with Crippen molar-refractivity contribution in [2.45, 2.75) is 34.1 Å². The number of benzene rings is 1. The van der Waals surface area contributed by atoms with Gasteiger partial charge >= 0.3 is 5.97 Å². The van der Waals surface area contributed by atoms with Gasteiger partial charge in [-0.3, -0.25) is 4.79 Å². The summed E-state index contributed by atoms with van der Waals surface area (Å²) in [7, 11) is 0. The van der Waals surface area contributed by atoms with Gasteiger partial charge in [0.1, 0.15) is 9.88 Å². The highest BCUT2D eigenvalue weighted by Crippen LogP contribution is 2.38. The molecule has 0 aliphatic carbocycles. The van der Waals surface area contributed by atoms with Crippen LogP contribution in [0.5, 0.6) is 0 Å². The summed E-state index contributed by atoms with van der Waals surface area (Å²) in [5.41, 5.74) is 2.47. The van der Waals surface area contributed by atoms with Gasteiger partial charge in [-0.25, -0.2) is 4.79 Å². The van der Waals surface area contributed by atoms with Gasteiger partial charge in [-0.1, -0.05) is 30.7 Å². The molecule has 2 heterocycles. The van der Waals surface area contributed by atoms with E-state index in [-0.39, 0.29) is 12.5 Å². The Bertz CT molecular complexity index is 1040. The molecular weight excluding hydrogens is 402 g/mol. The SMILES string of the molecule is CCOC(=O)c1c(NC(=O)c2sc3cc(C)ccc3c2Cl)sc(C)c1CC. The molecule has 0 aliphatic heterocycles. The number of hydrogen-bond donors (Lipinski definition) is 1. The summed E-state index contributed by atoms with van der Waals surface area (Å²) >= 11 is 9.19. The number of halogens is 1. The Morgan fingerprint density at radius 1 is 1.19 bits per heavy atom. The maximum Gasteiger partial charge on any atom is 0.341 e. The van der Waals surface area contributed by atoms with Crippen molar-refractivity contribution in [1.82, 2.24) is 0 Å². The molecule has 27 heavy (non-hydrogen) atoms. The molecule has 0 bridgehead atoms. The normalized spacial score (nSPS) is 11.0. The fourth-order valence-electron chi connectivity index (χ4n) is 2.99. The standard InChI is InChI=1S/C20H20ClNO3S2/c1-5-12-11(4)26-19(15(12)20(24)25-6-2)22-18(23)17-16(21)13-8-7-10(3)9-14(13)27-17/h7-9H,5-6H2,1-4H3,(H,22,23). The maximum atomic E-state index is 12.9. The van der Waals surface area contributed by atoms with Crippen LogP contribution < -0.4 is 5.32 Å². The van der Waals surface area contributed by atoms with E-state index in [9.17, 15) is 9.59 Å². The van der Waals surface area contributed by atoms with Crippen molar-refractivity contribution < 1.29 is 14.3 Å². The second-order valence-electron chi connectivity index (χ2n) is 6.11. The highest BCUT2D eigenvalue weighted by molar-refractivity contribution is 7.22. The number of amides is 1. The number of rotatable bonds is 5. The minimum atomic E-state index is -0.410. The number of carbonyl (C=O) groups excluding carboxylic acids is 2. The minimum Gasteiger partial charge on any atom is -0.462 e. The number of thiophene rings is 2. The van der Waals surface area contributed by atoms with E-state index in [0.29, 0.717) is 26.9 Å². The fourth-order valence-corrected chi connectivity index (χ4v) is 5.63. The van der Waals surface area contributed by atoms with Crippen molar-refractivity contribution in [3.63, 3.8) is 0 Å². The van der Waals surface area contributed by atoms with Gasteiger partial charge in [0.25, 0.3) is 5.91 Å². The van der Waals surface area contributed by atoms with Crippen LogP contribution in [0.25, 0.3) is 10.1 Å². The molecule has 0 saturated carbocycles. The van der Waals surface area contributed by atoms with Crippen molar-refractivity contribution in [1.29, 1.82) is 0 Å². The number of ether oxygens (including phenoxy) is 1. The Morgan fingerprint density at radius 3 is 2.59 bits per heavy atom. The zero-order valence-electron chi connectivity index (χ0n) is 15.6. The van der Waals surface area contributed by atoms with E-state index in [1.165, 1.54) is 22.7 Å². The monoisotopic (exact) mass is 421 g/mol. The van der Waals surface area contributed by atoms with E-state index in [2.05, 4.69) is 5.32 Å². The van der Waals surface area contributed by atoms with E-state index in [4.69, 9.17) is 16.3 Å². The van der Waals surface area contributed by atoms with Gasteiger partial charge in [0.05, 0.1) is 17.2 Å². The molecule has 0 spiro atoms. The Labute approximate surface area is 171 Å². The Hall–Kier alpha value is -1.89. The minimum absolute atomic E-state index is 0.283. The van der Waals surface area contributed by atoms with Crippen LogP contribution in [0.3, 0.4) is 0 Å². The zero-order valence-corrected chi connectivity index (χ0v) is 18.0. The average molecular weight is 422 g/mol. The van der Waals surface area contributed by atoms with Crippen LogP contribution in [0.4, 0.5) is 5.00 Å². The van der Waals surface area contributed by atoms with Crippen LogP contribution in [-0.2, 0) is 11.2 Å². The Morgan fingerprint density at radius 2 is 1.93 bits per heavy atom. The van der Waals surface area contributed by atoms with Gasteiger partial charge in [-0.2, -0.15) is 0 Å². The molecule has 1 N–H and O–H groups in total. The predicted octanol–water partition coefficient (Wildman–Crippen LogP) is 6.22. The predicted molar refractivity (Wildman–Crippen MR) is 114 cm³/mol. The molecule has 3 rings (SSSR count). The first kappa shape index (κ1) is 19.9. The van der Waals surface area contributed by atoms with Gasteiger partial charge in [-0.05, 0) is 44.4 Å². The maximum absolute atomic E-state index is 12.9. The fraction of sp³-hybridized carbons (Fsp3) is 0.300. The molecule has 4 nitrogen and oxygen atoms in total. The first-order valence-electron chi connectivity index (χ1n) is 8.66. The van der Waals surface area contributed by atoms with Crippen LogP contribution in [0.2, 0.25) is 5.02 Å². The number of esters is 1. The molecule has 0 fully saturated rings. The van der Waals surface area contributed by atoms with E-state index in [1.807, 2.05) is 39.0 Å². The molecule has 142 valence electrons. The van der Waals surface area contributed by atoms with Crippen molar-refractivity contribution in [3.05, 3.63) is 49.7 Å². The molecule has 0 atom stereocenters.